The van der Waals surface area contributed by atoms with Gasteiger partial charge in [-0.25, -0.2) is 0 Å². The van der Waals surface area contributed by atoms with Gasteiger partial charge in [-0.2, -0.15) is 0 Å². The third-order valence-corrected chi connectivity index (χ3v) is 2.60. The highest BCUT2D eigenvalue weighted by molar-refractivity contribution is 5.62. The molecule has 0 fully saturated rings. The Morgan fingerprint density at radius 1 is 1.20 bits per heavy atom. The van der Waals surface area contributed by atoms with Crippen LogP contribution < -0.4 is 0 Å². The first-order chi connectivity index (χ1) is 4.95. The topological polar surface area (TPSA) is 0 Å². The van der Waals surface area contributed by atoms with Crippen molar-refractivity contribution >= 4 is 0 Å². The van der Waals surface area contributed by atoms with E-state index in [2.05, 4.69) is 18.6 Å². The zero-order valence-corrected chi connectivity index (χ0v) is 5.78. The second-order valence-corrected chi connectivity index (χ2v) is 3.12. The molecule has 48 valence electrons. The lowest BCUT2D eigenvalue weighted by atomic mass is 10.1. The molecule has 0 heteroatoms. The van der Waals surface area contributed by atoms with Crippen LogP contribution in [0.2, 0.25) is 0 Å². The molecule has 0 N–H and O–H groups in total. The Bertz CT molecular complexity index is 259. The number of hydrogen-bond donors (Lipinski definition) is 0. The average molecular weight is 128 g/mol. The third-order valence-electron chi connectivity index (χ3n) is 2.60. The molecule has 0 aromatic rings. The molecule has 2 bridgehead atoms. The van der Waals surface area contributed by atoms with E-state index in [1.165, 1.54) is 24.8 Å². The predicted octanol–water partition coefficient (Wildman–Crippen LogP) is 2.35. The van der Waals surface area contributed by atoms with Gasteiger partial charge in [0.15, 0.2) is 0 Å². The van der Waals surface area contributed by atoms with Gasteiger partial charge in [0.25, 0.3) is 0 Å². The second-order valence-electron chi connectivity index (χ2n) is 3.12. The van der Waals surface area contributed by atoms with Crippen molar-refractivity contribution in [1.82, 2.24) is 0 Å². The van der Waals surface area contributed by atoms with Crippen molar-refractivity contribution in [2.24, 2.45) is 0 Å². The maximum absolute atomic E-state index is 3.30. The van der Waals surface area contributed by atoms with Crippen LogP contribution in [0.4, 0.5) is 0 Å². The van der Waals surface area contributed by atoms with Gasteiger partial charge in [0, 0.05) is 0 Å². The maximum atomic E-state index is 3.30. The van der Waals surface area contributed by atoms with E-state index >= 15 is 0 Å². The maximum Gasteiger partial charge on any atom is -0.00137 e. The van der Waals surface area contributed by atoms with Crippen molar-refractivity contribution in [3.05, 3.63) is 40.9 Å². The van der Waals surface area contributed by atoms with E-state index in [1.807, 2.05) is 0 Å². The van der Waals surface area contributed by atoms with Crippen LogP contribution in [-0.2, 0) is 0 Å². The fourth-order valence-electron chi connectivity index (χ4n) is 2.09. The van der Waals surface area contributed by atoms with Crippen LogP contribution in [0.15, 0.2) is 28.4 Å². The first-order valence-electron chi connectivity index (χ1n) is 3.81. The molecule has 0 saturated heterocycles. The summed E-state index contributed by atoms with van der Waals surface area (Å²) >= 11 is 0. The molecular weight excluding hydrogens is 120 g/mol. The van der Waals surface area contributed by atoms with Gasteiger partial charge in [0.2, 0.25) is 0 Å². The summed E-state index contributed by atoms with van der Waals surface area (Å²) < 4.78 is 0. The largest absolute Gasteiger partial charge is 0.0502 e. The minimum absolute atomic E-state index is 1.19. The highest BCUT2D eigenvalue weighted by atomic mass is 14.3. The molecule has 0 unspecified atom stereocenters. The Hall–Kier alpha value is -0.780. The predicted molar refractivity (Wildman–Crippen MR) is 40.0 cm³/mol. The highest BCUT2D eigenvalue weighted by Gasteiger charge is 2.29. The summed E-state index contributed by atoms with van der Waals surface area (Å²) in [5.74, 6) is 0. The van der Waals surface area contributed by atoms with Gasteiger partial charge in [-0.1, -0.05) is 6.08 Å². The van der Waals surface area contributed by atoms with E-state index in [4.69, 9.17) is 0 Å². The molecule has 0 aliphatic heterocycles. The van der Waals surface area contributed by atoms with E-state index in [-0.39, 0.29) is 0 Å². The standard InChI is InChI=1S/C10H8/c1-2-9-7-4-5-8(6-7)10(9)3-1/h1,4H,2-3,6H2. The Labute approximate surface area is 60.9 Å². The molecular formula is C10H8. The quantitative estimate of drug-likeness (QED) is 0.469. The van der Waals surface area contributed by atoms with E-state index in [0.29, 0.717) is 0 Å². The van der Waals surface area contributed by atoms with Gasteiger partial charge >= 0.3 is 0 Å². The Morgan fingerprint density at radius 2 is 2.10 bits per heavy atom. The summed E-state index contributed by atoms with van der Waals surface area (Å²) in [6, 6.07) is 0. The van der Waals surface area contributed by atoms with Crippen molar-refractivity contribution in [2.45, 2.75) is 19.3 Å². The molecule has 0 aromatic carbocycles. The fourth-order valence-corrected chi connectivity index (χ4v) is 2.09. The van der Waals surface area contributed by atoms with E-state index in [1.54, 1.807) is 16.7 Å². The summed E-state index contributed by atoms with van der Waals surface area (Å²) in [5, 5.41) is 0. The molecule has 3 rings (SSSR count). The summed E-state index contributed by atoms with van der Waals surface area (Å²) in [6.07, 6.45) is 11.4. The molecule has 0 amide bonds. The molecule has 0 nitrogen and oxygen atoms in total. The van der Waals surface area contributed by atoms with Crippen molar-refractivity contribution in [1.29, 1.82) is 0 Å². The molecule has 3 aliphatic rings. The first-order valence-corrected chi connectivity index (χ1v) is 3.81. The van der Waals surface area contributed by atoms with Gasteiger partial charge in [0.05, 0.1) is 0 Å². The molecule has 3 aliphatic carbocycles. The van der Waals surface area contributed by atoms with Gasteiger partial charge in [-0.15, -0.1) is 0 Å². The summed E-state index contributed by atoms with van der Waals surface area (Å²) in [6.45, 7) is 0. The van der Waals surface area contributed by atoms with Crippen LogP contribution in [-0.4, -0.2) is 0 Å². The van der Waals surface area contributed by atoms with Crippen molar-refractivity contribution in [3.63, 3.8) is 0 Å². The lowest BCUT2D eigenvalue weighted by Gasteiger charge is -1.97. The van der Waals surface area contributed by atoms with Crippen molar-refractivity contribution in [3.8, 4) is 0 Å². The monoisotopic (exact) mass is 128 g/mol. The Morgan fingerprint density at radius 3 is 3.00 bits per heavy atom. The van der Waals surface area contributed by atoms with E-state index in [0.717, 1.165) is 0 Å². The van der Waals surface area contributed by atoms with E-state index < -0.39 is 0 Å². The van der Waals surface area contributed by atoms with Crippen molar-refractivity contribution < 1.29 is 0 Å². The third kappa shape index (κ3) is 0.406. The first kappa shape index (κ1) is 4.95. The number of hydrogen-bond acceptors (Lipinski definition) is 0. The molecule has 2 radical (unpaired) electrons. The summed E-state index contributed by atoms with van der Waals surface area (Å²) in [5.41, 5.74) is 6.23. The minimum atomic E-state index is 1.19. The van der Waals surface area contributed by atoms with Crippen LogP contribution in [0.1, 0.15) is 19.3 Å². The zero-order chi connectivity index (χ0) is 6.55. The van der Waals surface area contributed by atoms with Gasteiger partial charge in [-0.3, -0.25) is 0 Å². The zero-order valence-electron chi connectivity index (χ0n) is 5.78. The Balaban J connectivity index is 2.25. The van der Waals surface area contributed by atoms with Crippen LogP contribution in [0.5, 0.6) is 0 Å². The fraction of sp³-hybridized carbons (Fsp3) is 0.300. The molecule has 0 aromatic heterocycles. The SMILES string of the molecule is [C]1=C2CC(=C1)C1=C2C[CH]C1. The molecule has 10 heavy (non-hydrogen) atoms. The van der Waals surface area contributed by atoms with Crippen LogP contribution >= 0.6 is 0 Å². The van der Waals surface area contributed by atoms with Crippen LogP contribution in [0, 0.1) is 12.5 Å². The molecule has 0 spiro atoms. The number of rotatable bonds is 0. The minimum Gasteiger partial charge on any atom is -0.0502 e. The molecule has 0 saturated carbocycles. The Kier molecular flexibility index (Phi) is 0.715. The van der Waals surface area contributed by atoms with Crippen molar-refractivity contribution in [2.75, 3.05) is 0 Å². The average Bonchev–Trinajstić information content (AvgIpc) is 2.60. The van der Waals surface area contributed by atoms with Gasteiger partial charge in [0.1, 0.15) is 0 Å². The van der Waals surface area contributed by atoms with Gasteiger partial charge in [-0.05, 0) is 54.1 Å². The number of allylic oxidation sites excluding steroid dienone is 6. The lowest BCUT2D eigenvalue weighted by molar-refractivity contribution is 1.08. The smallest absolute Gasteiger partial charge is 0.00137 e. The van der Waals surface area contributed by atoms with Crippen LogP contribution in [0.25, 0.3) is 0 Å². The lowest BCUT2D eigenvalue weighted by Crippen LogP contribution is -1.79. The number of fused-ring (bicyclic) bond motifs is 4. The second kappa shape index (κ2) is 1.45. The van der Waals surface area contributed by atoms with Crippen LogP contribution in [0.3, 0.4) is 0 Å². The normalized spacial score (nSPS) is 27.2. The summed E-state index contributed by atoms with van der Waals surface area (Å²) in [4.78, 5) is 0. The van der Waals surface area contributed by atoms with Gasteiger partial charge < -0.3 is 0 Å². The molecule has 0 atom stereocenters. The summed E-state index contributed by atoms with van der Waals surface area (Å²) in [7, 11) is 0. The molecule has 0 heterocycles. The highest BCUT2D eigenvalue weighted by Crippen LogP contribution is 2.47. The van der Waals surface area contributed by atoms with E-state index in [9.17, 15) is 0 Å².